The van der Waals surface area contributed by atoms with E-state index in [1.807, 2.05) is 12.1 Å². The topological polar surface area (TPSA) is 41.9 Å². The van der Waals surface area contributed by atoms with Crippen molar-refractivity contribution in [3.63, 3.8) is 0 Å². The van der Waals surface area contributed by atoms with E-state index >= 15 is 0 Å². The fraction of sp³-hybridized carbons (Fsp3) is 0.556. The summed E-state index contributed by atoms with van der Waals surface area (Å²) >= 11 is 0. The van der Waals surface area contributed by atoms with Gasteiger partial charge in [-0.3, -0.25) is 0 Å². The Bertz CT molecular complexity index is 570. The van der Waals surface area contributed by atoms with Crippen LogP contribution >= 0.6 is 0 Å². The van der Waals surface area contributed by atoms with Crippen LogP contribution in [0.25, 0.3) is 0 Å². The summed E-state index contributed by atoms with van der Waals surface area (Å²) in [5, 5.41) is 9.82. The lowest BCUT2D eigenvalue weighted by Crippen LogP contribution is -2.27. The van der Waals surface area contributed by atoms with Crippen molar-refractivity contribution in [1.29, 1.82) is 0 Å². The number of aliphatic hydroxyl groups is 1. The van der Waals surface area contributed by atoms with E-state index in [-0.39, 0.29) is 12.0 Å². The lowest BCUT2D eigenvalue weighted by molar-refractivity contribution is 0.119. The van der Waals surface area contributed by atoms with Gasteiger partial charge in [0.15, 0.2) is 0 Å². The van der Waals surface area contributed by atoms with E-state index in [1.54, 1.807) is 7.11 Å². The molecule has 2 aliphatic rings. The van der Waals surface area contributed by atoms with Gasteiger partial charge in [0.25, 0.3) is 0 Å². The van der Waals surface area contributed by atoms with Crippen LogP contribution in [0, 0.1) is 0 Å². The molecule has 1 heterocycles. The summed E-state index contributed by atoms with van der Waals surface area (Å²) in [4.78, 5) is 2.32. The molecule has 3 rings (SSSR count). The molecular weight excluding hydrogens is 278 g/mol. The van der Waals surface area contributed by atoms with Gasteiger partial charge < -0.3 is 19.5 Å². The zero-order chi connectivity index (χ0) is 15.7. The standard InChI is InChI=1S/C18H25NO3/c1-4-7-19(2)11-12-8-14(21-3)10-17-18(12)15-6-5-13(20)9-16(15)22-17/h5-6,8,10,13,15-16,20H,4,7,9,11H2,1-3H3. The van der Waals surface area contributed by atoms with Gasteiger partial charge in [-0.15, -0.1) is 0 Å². The fourth-order valence-electron chi connectivity index (χ4n) is 3.53. The van der Waals surface area contributed by atoms with Gasteiger partial charge in [-0.2, -0.15) is 0 Å². The third-order valence-corrected chi connectivity index (χ3v) is 4.51. The maximum atomic E-state index is 9.82. The zero-order valence-electron chi connectivity index (χ0n) is 13.6. The summed E-state index contributed by atoms with van der Waals surface area (Å²) in [5.41, 5.74) is 2.52. The first-order valence-electron chi connectivity index (χ1n) is 8.04. The van der Waals surface area contributed by atoms with Gasteiger partial charge in [-0.1, -0.05) is 19.1 Å². The van der Waals surface area contributed by atoms with Crippen molar-refractivity contribution in [2.24, 2.45) is 0 Å². The second-order valence-corrected chi connectivity index (χ2v) is 6.31. The molecule has 0 bridgehead atoms. The molecule has 3 unspecified atom stereocenters. The minimum Gasteiger partial charge on any atom is -0.497 e. The summed E-state index contributed by atoms with van der Waals surface area (Å²) in [5.74, 6) is 1.99. The normalized spacial score (nSPS) is 25.8. The summed E-state index contributed by atoms with van der Waals surface area (Å²) in [6.45, 7) is 4.14. The number of ether oxygens (including phenoxy) is 2. The van der Waals surface area contributed by atoms with E-state index in [1.165, 1.54) is 11.1 Å². The van der Waals surface area contributed by atoms with Gasteiger partial charge in [0, 0.05) is 30.5 Å². The van der Waals surface area contributed by atoms with Crippen molar-refractivity contribution >= 4 is 0 Å². The molecule has 0 saturated heterocycles. The molecule has 1 N–H and O–H groups in total. The lowest BCUT2D eigenvalue weighted by Gasteiger charge is -2.24. The van der Waals surface area contributed by atoms with Crippen LogP contribution in [0.15, 0.2) is 24.3 Å². The molecule has 0 spiro atoms. The van der Waals surface area contributed by atoms with E-state index in [4.69, 9.17) is 9.47 Å². The van der Waals surface area contributed by atoms with Crippen LogP contribution in [-0.4, -0.2) is 42.9 Å². The molecule has 1 aliphatic carbocycles. The first-order chi connectivity index (χ1) is 10.6. The molecule has 1 aromatic carbocycles. The molecule has 0 fully saturated rings. The van der Waals surface area contributed by atoms with Crippen LogP contribution in [0.5, 0.6) is 11.5 Å². The van der Waals surface area contributed by atoms with Gasteiger partial charge in [0.1, 0.15) is 17.6 Å². The SMILES string of the molecule is CCCN(C)Cc1cc(OC)cc2c1C1C=CC(O)CC1O2. The van der Waals surface area contributed by atoms with Crippen LogP contribution in [-0.2, 0) is 6.54 Å². The average molecular weight is 303 g/mol. The van der Waals surface area contributed by atoms with Gasteiger partial charge in [0.05, 0.1) is 13.2 Å². The molecule has 0 amide bonds. The van der Waals surface area contributed by atoms with Crippen LogP contribution in [0.1, 0.15) is 36.8 Å². The van der Waals surface area contributed by atoms with E-state index in [0.29, 0.717) is 6.42 Å². The van der Waals surface area contributed by atoms with E-state index in [9.17, 15) is 5.11 Å². The molecule has 0 saturated carbocycles. The van der Waals surface area contributed by atoms with Crippen molar-refractivity contribution in [2.75, 3.05) is 20.7 Å². The summed E-state index contributed by atoms with van der Waals surface area (Å²) in [7, 11) is 3.83. The monoisotopic (exact) mass is 303 g/mol. The first-order valence-corrected chi connectivity index (χ1v) is 8.04. The summed E-state index contributed by atoms with van der Waals surface area (Å²) in [6, 6.07) is 4.09. The number of benzene rings is 1. The Balaban J connectivity index is 1.96. The van der Waals surface area contributed by atoms with Crippen molar-refractivity contribution in [2.45, 2.75) is 44.4 Å². The number of rotatable bonds is 5. The Morgan fingerprint density at radius 3 is 2.91 bits per heavy atom. The molecule has 1 aliphatic heterocycles. The third-order valence-electron chi connectivity index (χ3n) is 4.51. The molecule has 1 aromatic rings. The average Bonchev–Trinajstić information content (AvgIpc) is 2.84. The van der Waals surface area contributed by atoms with E-state index < -0.39 is 6.10 Å². The van der Waals surface area contributed by atoms with Crippen LogP contribution in [0.2, 0.25) is 0 Å². The van der Waals surface area contributed by atoms with Crippen LogP contribution in [0.4, 0.5) is 0 Å². The quantitative estimate of drug-likeness (QED) is 0.849. The predicted octanol–water partition coefficient (Wildman–Crippen LogP) is 2.70. The Morgan fingerprint density at radius 1 is 1.36 bits per heavy atom. The van der Waals surface area contributed by atoms with E-state index in [0.717, 1.165) is 31.0 Å². The van der Waals surface area contributed by atoms with E-state index in [2.05, 4.69) is 31.0 Å². The Kier molecular flexibility index (Phi) is 4.41. The maximum absolute atomic E-state index is 9.82. The first kappa shape index (κ1) is 15.4. The molecule has 4 heteroatoms. The minimum atomic E-state index is -0.399. The Morgan fingerprint density at radius 2 is 2.18 bits per heavy atom. The number of nitrogens with zero attached hydrogens (tertiary/aromatic N) is 1. The largest absolute Gasteiger partial charge is 0.497 e. The molecule has 0 aromatic heterocycles. The molecule has 3 atom stereocenters. The minimum absolute atomic E-state index is 0.0392. The van der Waals surface area contributed by atoms with Crippen LogP contribution in [0.3, 0.4) is 0 Å². The smallest absolute Gasteiger partial charge is 0.127 e. The number of fused-ring (bicyclic) bond motifs is 3. The molecule has 120 valence electrons. The number of hydrogen-bond acceptors (Lipinski definition) is 4. The third kappa shape index (κ3) is 2.85. The fourth-order valence-corrected chi connectivity index (χ4v) is 3.53. The van der Waals surface area contributed by atoms with Crippen LogP contribution < -0.4 is 9.47 Å². The summed E-state index contributed by atoms with van der Waals surface area (Å²) < 4.78 is 11.5. The highest BCUT2D eigenvalue weighted by Crippen LogP contribution is 2.46. The molecule has 4 nitrogen and oxygen atoms in total. The highest BCUT2D eigenvalue weighted by atomic mass is 16.5. The zero-order valence-corrected chi connectivity index (χ0v) is 13.6. The van der Waals surface area contributed by atoms with Gasteiger partial charge in [-0.05, 0) is 31.6 Å². The number of methoxy groups -OCH3 is 1. The second-order valence-electron chi connectivity index (χ2n) is 6.31. The lowest BCUT2D eigenvalue weighted by atomic mass is 9.85. The van der Waals surface area contributed by atoms with Crippen molar-refractivity contribution < 1.29 is 14.6 Å². The van der Waals surface area contributed by atoms with Crippen molar-refractivity contribution in [1.82, 2.24) is 4.90 Å². The Labute approximate surface area is 132 Å². The highest BCUT2D eigenvalue weighted by Gasteiger charge is 2.38. The highest BCUT2D eigenvalue weighted by molar-refractivity contribution is 5.53. The van der Waals surface area contributed by atoms with Gasteiger partial charge >= 0.3 is 0 Å². The van der Waals surface area contributed by atoms with Crippen molar-refractivity contribution in [3.05, 3.63) is 35.4 Å². The summed E-state index contributed by atoms with van der Waals surface area (Å²) in [6.07, 6.45) is 5.42. The van der Waals surface area contributed by atoms with Gasteiger partial charge in [0.2, 0.25) is 0 Å². The molecular formula is C18H25NO3. The number of aliphatic hydroxyl groups excluding tert-OH is 1. The number of hydrogen-bond donors (Lipinski definition) is 1. The van der Waals surface area contributed by atoms with Gasteiger partial charge in [-0.25, -0.2) is 0 Å². The van der Waals surface area contributed by atoms with Crippen molar-refractivity contribution in [3.8, 4) is 11.5 Å². The molecule has 22 heavy (non-hydrogen) atoms. The second kappa shape index (κ2) is 6.31. The Hall–Kier alpha value is -1.52. The molecule has 0 radical (unpaired) electrons. The predicted molar refractivity (Wildman–Crippen MR) is 86.5 cm³/mol. The maximum Gasteiger partial charge on any atom is 0.127 e.